The molecule has 1 atom stereocenters. The van der Waals surface area contributed by atoms with Crippen LogP contribution in [0.5, 0.6) is 0 Å². The van der Waals surface area contributed by atoms with Crippen molar-refractivity contribution in [3.63, 3.8) is 0 Å². The Morgan fingerprint density at radius 3 is 2.46 bits per heavy atom. The number of hydrogen-bond donors (Lipinski definition) is 1. The van der Waals surface area contributed by atoms with Crippen molar-refractivity contribution in [1.82, 2.24) is 4.98 Å². The van der Waals surface area contributed by atoms with Gasteiger partial charge in [0.2, 0.25) is 0 Å². The van der Waals surface area contributed by atoms with Crippen molar-refractivity contribution in [2.24, 2.45) is 5.73 Å². The minimum atomic E-state index is 0.0578. The number of nitrogens with zero attached hydrogens (tertiary/aromatic N) is 2. The summed E-state index contributed by atoms with van der Waals surface area (Å²) in [4.78, 5) is 6.35. The van der Waals surface area contributed by atoms with E-state index in [1.807, 2.05) is 39.0 Å². The van der Waals surface area contributed by atoms with Gasteiger partial charge in [-0.15, -0.1) is 0 Å². The summed E-state index contributed by atoms with van der Waals surface area (Å²) >= 11 is 0. The molecule has 1 rings (SSSR count). The van der Waals surface area contributed by atoms with Gasteiger partial charge in [-0.3, -0.25) is 0 Å². The summed E-state index contributed by atoms with van der Waals surface area (Å²) < 4.78 is 0. The molecule has 3 heteroatoms. The van der Waals surface area contributed by atoms with Crippen molar-refractivity contribution >= 4 is 5.82 Å². The molecule has 0 unspecified atom stereocenters. The van der Waals surface area contributed by atoms with E-state index in [1.54, 1.807) is 0 Å². The van der Waals surface area contributed by atoms with Gasteiger partial charge in [-0.2, -0.15) is 0 Å². The molecule has 1 aromatic rings. The first kappa shape index (κ1) is 9.99. The first-order valence-electron chi connectivity index (χ1n) is 4.42. The van der Waals surface area contributed by atoms with Crippen LogP contribution in [0.1, 0.15) is 24.1 Å². The van der Waals surface area contributed by atoms with Gasteiger partial charge < -0.3 is 10.6 Å². The fourth-order valence-electron chi connectivity index (χ4n) is 1.31. The average molecular weight is 179 g/mol. The Kier molecular flexibility index (Phi) is 2.88. The first-order valence-corrected chi connectivity index (χ1v) is 4.42. The zero-order valence-corrected chi connectivity index (χ0v) is 8.70. The fraction of sp³-hybridized carbons (Fsp3) is 0.500. The molecule has 0 amide bonds. The smallest absolute Gasteiger partial charge is 0.130 e. The van der Waals surface area contributed by atoms with Gasteiger partial charge in [0.05, 0.1) is 0 Å². The van der Waals surface area contributed by atoms with E-state index in [9.17, 15) is 0 Å². The lowest BCUT2D eigenvalue weighted by Gasteiger charge is -2.15. The van der Waals surface area contributed by atoms with Crippen molar-refractivity contribution in [1.29, 1.82) is 0 Å². The molecule has 72 valence electrons. The molecule has 0 fully saturated rings. The van der Waals surface area contributed by atoms with E-state index >= 15 is 0 Å². The Hall–Kier alpha value is -1.09. The van der Waals surface area contributed by atoms with Crippen LogP contribution in [0, 0.1) is 6.92 Å². The van der Waals surface area contributed by atoms with Crippen molar-refractivity contribution in [3.8, 4) is 0 Å². The molecule has 0 bridgehead atoms. The topological polar surface area (TPSA) is 42.1 Å². The van der Waals surface area contributed by atoms with Gasteiger partial charge in [0.1, 0.15) is 5.82 Å². The minimum absolute atomic E-state index is 0.0578. The molecule has 0 radical (unpaired) electrons. The van der Waals surface area contributed by atoms with Crippen molar-refractivity contribution in [3.05, 3.63) is 23.4 Å². The largest absolute Gasteiger partial charge is 0.363 e. The van der Waals surface area contributed by atoms with Gasteiger partial charge in [0, 0.05) is 26.3 Å². The lowest BCUT2D eigenvalue weighted by Crippen LogP contribution is -2.13. The van der Waals surface area contributed by atoms with E-state index in [1.165, 1.54) is 5.56 Å². The highest BCUT2D eigenvalue weighted by atomic mass is 15.1. The van der Waals surface area contributed by atoms with E-state index in [0.717, 1.165) is 11.4 Å². The van der Waals surface area contributed by atoms with Crippen LogP contribution in [-0.4, -0.2) is 19.1 Å². The van der Waals surface area contributed by atoms with Crippen LogP contribution >= 0.6 is 0 Å². The Morgan fingerprint density at radius 2 is 2.08 bits per heavy atom. The van der Waals surface area contributed by atoms with Gasteiger partial charge in [-0.05, 0) is 31.0 Å². The summed E-state index contributed by atoms with van der Waals surface area (Å²) in [5.74, 6) is 1.00. The molecule has 0 spiro atoms. The van der Waals surface area contributed by atoms with Gasteiger partial charge >= 0.3 is 0 Å². The molecule has 2 N–H and O–H groups in total. The molecule has 0 saturated heterocycles. The van der Waals surface area contributed by atoms with Crippen LogP contribution in [-0.2, 0) is 0 Å². The van der Waals surface area contributed by atoms with E-state index in [2.05, 4.69) is 11.1 Å². The summed E-state index contributed by atoms with van der Waals surface area (Å²) in [5, 5.41) is 0. The number of pyridine rings is 1. The number of rotatable bonds is 2. The van der Waals surface area contributed by atoms with E-state index in [-0.39, 0.29) is 6.04 Å². The van der Waals surface area contributed by atoms with Crippen LogP contribution in [0.25, 0.3) is 0 Å². The molecule has 0 aromatic carbocycles. The molecule has 1 heterocycles. The standard InChI is InChI=1S/C10H17N3/c1-7-5-9(8(2)11)6-12-10(7)13(3)4/h5-6,8H,11H2,1-4H3/t8-/m0/s1. The van der Waals surface area contributed by atoms with Crippen molar-refractivity contribution in [2.45, 2.75) is 19.9 Å². The second-order valence-corrected chi connectivity index (χ2v) is 3.59. The highest BCUT2D eigenvalue weighted by Crippen LogP contribution is 2.18. The third-order valence-corrected chi connectivity index (χ3v) is 2.02. The Labute approximate surface area is 79.6 Å². The van der Waals surface area contributed by atoms with Gasteiger partial charge in [-0.1, -0.05) is 0 Å². The van der Waals surface area contributed by atoms with Crippen LogP contribution in [0.4, 0.5) is 5.82 Å². The second kappa shape index (κ2) is 3.75. The minimum Gasteiger partial charge on any atom is -0.363 e. The maximum absolute atomic E-state index is 5.76. The van der Waals surface area contributed by atoms with E-state index in [0.29, 0.717) is 0 Å². The number of nitrogens with two attached hydrogens (primary N) is 1. The van der Waals surface area contributed by atoms with Gasteiger partial charge in [-0.25, -0.2) is 4.98 Å². The van der Waals surface area contributed by atoms with Gasteiger partial charge in [0.15, 0.2) is 0 Å². The van der Waals surface area contributed by atoms with Gasteiger partial charge in [0.25, 0.3) is 0 Å². The molecule has 0 aliphatic heterocycles. The number of aryl methyl sites for hydroxylation is 1. The number of anilines is 1. The summed E-state index contributed by atoms with van der Waals surface area (Å²) in [6.07, 6.45) is 1.84. The molecular formula is C10H17N3. The quantitative estimate of drug-likeness (QED) is 0.747. The summed E-state index contributed by atoms with van der Waals surface area (Å²) in [7, 11) is 3.97. The van der Waals surface area contributed by atoms with E-state index in [4.69, 9.17) is 5.73 Å². The maximum atomic E-state index is 5.76. The SMILES string of the molecule is Cc1cc([C@H](C)N)cnc1N(C)C. The third-order valence-electron chi connectivity index (χ3n) is 2.02. The first-order chi connectivity index (χ1) is 6.02. The highest BCUT2D eigenvalue weighted by molar-refractivity contribution is 5.46. The predicted molar refractivity (Wildman–Crippen MR) is 55.9 cm³/mol. The van der Waals surface area contributed by atoms with Crippen LogP contribution in [0.15, 0.2) is 12.3 Å². The molecule has 13 heavy (non-hydrogen) atoms. The molecule has 1 aromatic heterocycles. The summed E-state index contributed by atoms with van der Waals surface area (Å²) in [5.41, 5.74) is 8.01. The summed E-state index contributed by atoms with van der Waals surface area (Å²) in [6.45, 7) is 4.01. The lowest BCUT2D eigenvalue weighted by molar-refractivity contribution is 0.808. The van der Waals surface area contributed by atoms with Crippen LogP contribution < -0.4 is 10.6 Å². The molecule has 3 nitrogen and oxygen atoms in total. The fourth-order valence-corrected chi connectivity index (χ4v) is 1.31. The van der Waals surface area contributed by atoms with E-state index < -0.39 is 0 Å². The molecular weight excluding hydrogens is 162 g/mol. The molecule has 0 saturated carbocycles. The van der Waals surface area contributed by atoms with Crippen LogP contribution in [0.2, 0.25) is 0 Å². The Morgan fingerprint density at radius 1 is 1.46 bits per heavy atom. The summed E-state index contributed by atoms with van der Waals surface area (Å²) in [6, 6.07) is 2.15. The highest BCUT2D eigenvalue weighted by Gasteiger charge is 2.05. The predicted octanol–water partition coefficient (Wildman–Crippen LogP) is 1.48. The second-order valence-electron chi connectivity index (χ2n) is 3.59. The zero-order valence-electron chi connectivity index (χ0n) is 8.70. The van der Waals surface area contributed by atoms with Crippen molar-refractivity contribution < 1.29 is 0 Å². The average Bonchev–Trinajstić information content (AvgIpc) is 2.03. The number of hydrogen-bond acceptors (Lipinski definition) is 3. The lowest BCUT2D eigenvalue weighted by atomic mass is 10.1. The normalized spacial score (nSPS) is 12.7. The van der Waals surface area contributed by atoms with Crippen molar-refractivity contribution in [2.75, 3.05) is 19.0 Å². The Bertz CT molecular complexity index is 292. The molecule has 0 aliphatic carbocycles. The zero-order chi connectivity index (χ0) is 10.0. The monoisotopic (exact) mass is 179 g/mol. The third kappa shape index (κ3) is 2.18. The number of aromatic nitrogens is 1. The molecule has 0 aliphatic rings. The Balaban J connectivity index is 3.06. The van der Waals surface area contributed by atoms with Crippen LogP contribution in [0.3, 0.4) is 0 Å². The maximum Gasteiger partial charge on any atom is 0.130 e.